The summed E-state index contributed by atoms with van der Waals surface area (Å²) >= 11 is 0. The van der Waals surface area contributed by atoms with Crippen LogP contribution in [0.2, 0.25) is 0 Å². The molecule has 4 rings (SSSR count). The predicted octanol–water partition coefficient (Wildman–Crippen LogP) is 2.21. The molecule has 2 fully saturated rings. The van der Waals surface area contributed by atoms with Gasteiger partial charge in [0, 0.05) is 18.4 Å². The number of fused-ring (bicyclic) bond motifs is 5. The molecule has 4 nitrogen and oxygen atoms in total. The van der Waals surface area contributed by atoms with E-state index in [1.54, 1.807) is 13.2 Å². The van der Waals surface area contributed by atoms with Crippen molar-refractivity contribution >= 4 is 0 Å². The van der Waals surface area contributed by atoms with Gasteiger partial charge in [-0.2, -0.15) is 0 Å². The molecule has 0 radical (unpaired) electrons. The molecule has 134 valence electrons. The highest BCUT2D eigenvalue weighted by Crippen LogP contribution is 2.64. The minimum absolute atomic E-state index is 0.0694. The summed E-state index contributed by atoms with van der Waals surface area (Å²) in [6.07, 6.45) is 7.69. The number of terminal acetylenes is 1. The summed E-state index contributed by atoms with van der Waals surface area (Å²) in [4.78, 5) is 0. The third kappa shape index (κ3) is 2.07. The molecule has 0 bridgehead atoms. The summed E-state index contributed by atoms with van der Waals surface area (Å²) in [5, 5.41) is 31.5. The van der Waals surface area contributed by atoms with Crippen molar-refractivity contribution in [2.75, 3.05) is 7.11 Å². The molecule has 3 N–H and O–H groups in total. The van der Waals surface area contributed by atoms with E-state index < -0.39 is 17.1 Å². The number of rotatable bonds is 1. The molecule has 0 aromatic heterocycles. The summed E-state index contributed by atoms with van der Waals surface area (Å²) < 4.78 is 5.87. The van der Waals surface area contributed by atoms with Gasteiger partial charge in [0.2, 0.25) is 0 Å². The van der Waals surface area contributed by atoms with Gasteiger partial charge in [-0.3, -0.25) is 0 Å². The first-order chi connectivity index (χ1) is 11.9. The summed E-state index contributed by atoms with van der Waals surface area (Å²) in [5.41, 5.74) is 0.345. The fraction of sp³-hybridized carbons (Fsp3) is 0.619. The lowest BCUT2D eigenvalue weighted by atomic mass is 9.52. The highest BCUT2D eigenvalue weighted by atomic mass is 16.5. The summed E-state index contributed by atoms with van der Waals surface area (Å²) in [6, 6.07) is 5.60. The molecule has 1 aromatic carbocycles. The second-order valence-corrected chi connectivity index (χ2v) is 8.28. The minimum Gasteiger partial charge on any atom is -0.508 e. The average molecular weight is 342 g/mol. The Labute approximate surface area is 148 Å². The standard InChI is InChI=1S/C21H26O4/c1-4-21(24)18(23)10-16-15-7-5-12-9-13(22)6-8-14(12)19(15)17(25-3)11-20(16,21)2/h1,6,8-9,15-19,22-24H,5,7,10-11H2,2-3H3/t15?,16?,17-,18+,19?,20-,21-/m0/s1. The van der Waals surface area contributed by atoms with Crippen LogP contribution in [0.1, 0.15) is 43.2 Å². The van der Waals surface area contributed by atoms with Gasteiger partial charge in [0.1, 0.15) is 5.75 Å². The molecule has 3 unspecified atom stereocenters. The van der Waals surface area contributed by atoms with Crippen LogP contribution >= 0.6 is 0 Å². The van der Waals surface area contributed by atoms with E-state index >= 15 is 0 Å². The predicted molar refractivity (Wildman–Crippen MR) is 94.1 cm³/mol. The summed E-state index contributed by atoms with van der Waals surface area (Å²) in [5.74, 6) is 3.48. The molecule has 1 aromatic rings. The number of benzene rings is 1. The van der Waals surface area contributed by atoms with Crippen LogP contribution in [0.4, 0.5) is 0 Å². The first-order valence-corrected chi connectivity index (χ1v) is 9.08. The van der Waals surface area contributed by atoms with Gasteiger partial charge < -0.3 is 20.1 Å². The van der Waals surface area contributed by atoms with E-state index in [1.807, 2.05) is 19.1 Å². The Morgan fingerprint density at radius 1 is 1.36 bits per heavy atom. The number of aryl methyl sites for hydroxylation is 1. The molecule has 0 saturated heterocycles. The second kappa shape index (κ2) is 5.48. The number of hydrogen-bond acceptors (Lipinski definition) is 4. The Morgan fingerprint density at radius 3 is 2.80 bits per heavy atom. The van der Waals surface area contributed by atoms with Gasteiger partial charge in [0.15, 0.2) is 5.60 Å². The normalized spacial score (nSPS) is 45.2. The molecular weight excluding hydrogens is 316 g/mol. The van der Waals surface area contributed by atoms with Crippen molar-refractivity contribution in [3.63, 3.8) is 0 Å². The Balaban J connectivity index is 1.81. The molecule has 7 atom stereocenters. The number of phenolic OH excluding ortho intramolecular Hbond substituents is 1. The van der Waals surface area contributed by atoms with Crippen LogP contribution in [0.3, 0.4) is 0 Å². The lowest BCUT2D eigenvalue weighted by molar-refractivity contribution is -0.134. The van der Waals surface area contributed by atoms with Gasteiger partial charge in [-0.05, 0) is 60.8 Å². The number of aromatic hydroxyl groups is 1. The number of aliphatic hydroxyl groups is 2. The van der Waals surface area contributed by atoms with Crippen LogP contribution < -0.4 is 0 Å². The van der Waals surface area contributed by atoms with E-state index in [-0.39, 0.29) is 17.9 Å². The quantitative estimate of drug-likeness (QED) is 0.685. The lowest BCUT2D eigenvalue weighted by Gasteiger charge is -2.54. The monoisotopic (exact) mass is 342 g/mol. The van der Waals surface area contributed by atoms with Crippen LogP contribution in [0.25, 0.3) is 0 Å². The highest BCUT2D eigenvalue weighted by molar-refractivity contribution is 5.42. The third-order valence-electron chi connectivity index (χ3n) is 7.41. The number of aliphatic hydroxyl groups excluding tert-OH is 1. The van der Waals surface area contributed by atoms with E-state index in [1.165, 1.54) is 11.1 Å². The van der Waals surface area contributed by atoms with Crippen LogP contribution in [-0.4, -0.2) is 40.2 Å². The van der Waals surface area contributed by atoms with Crippen molar-refractivity contribution in [2.24, 2.45) is 17.3 Å². The molecule has 0 spiro atoms. The first-order valence-electron chi connectivity index (χ1n) is 9.08. The molecule has 3 aliphatic rings. The maximum absolute atomic E-state index is 11.1. The summed E-state index contributed by atoms with van der Waals surface area (Å²) in [6.45, 7) is 2.02. The minimum atomic E-state index is -1.51. The molecule has 0 amide bonds. The van der Waals surface area contributed by atoms with Crippen LogP contribution in [0, 0.1) is 29.6 Å². The Morgan fingerprint density at radius 2 is 2.12 bits per heavy atom. The average Bonchev–Trinajstić information content (AvgIpc) is 2.81. The summed E-state index contributed by atoms with van der Waals surface area (Å²) in [7, 11) is 1.71. The van der Waals surface area contributed by atoms with E-state index in [0.717, 1.165) is 12.8 Å². The lowest BCUT2D eigenvalue weighted by Crippen LogP contribution is -2.56. The second-order valence-electron chi connectivity index (χ2n) is 8.28. The SMILES string of the molecule is C#C[C@]1(O)[C@H](O)CC2C3CCc4cc(O)ccc4C3[C@@H](OC)C[C@@]21C. The van der Waals surface area contributed by atoms with Gasteiger partial charge in [0.05, 0.1) is 12.2 Å². The topological polar surface area (TPSA) is 69.9 Å². The fourth-order valence-corrected chi connectivity index (χ4v) is 6.12. The van der Waals surface area contributed by atoms with Gasteiger partial charge in [-0.25, -0.2) is 0 Å². The molecule has 0 heterocycles. The van der Waals surface area contributed by atoms with E-state index in [0.29, 0.717) is 24.5 Å². The molecule has 2 saturated carbocycles. The first kappa shape index (κ1) is 16.9. The van der Waals surface area contributed by atoms with Crippen LogP contribution in [0.15, 0.2) is 18.2 Å². The van der Waals surface area contributed by atoms with Crippen LogP contribution in [0.5, 0.6) is 5.75 Å². The molecule has 4 heteroatoms. The van der Waals surface area contributed by atoms with Crippen molar-refractivity contribution in [3.05, 3.63) is 29.3 Å². The van der Waals surface area contributed by atoms with Crippen molar-refractivity contribution in [1.29, 1.82) is 0 Å². The highest BCUT2D eigenvalue weighted by Gasteiger charge is 2.67. The van der Waals surface area contributed by atoms with E-state index in [2.05, 4.69) is 5.92 Å². The number of ether oxygens (including phenoxy) is 1. The zero-order chi connectivity index (χ0) is 18.0. The fourth-order valence-electron chi connectivity index (χ4n) is 6.12. The van der Waals surface area contributed by atoms with Gasteiger partial charge in [-0.1, -0.05) is 18.9 Å². The van der Waals surface area contributed by atoms with Gasteiger partial charge in [0.25, 0.3) is 0 Å². The Kier molecular flexibility index (Phi) is 3.70. The van der Waals surface area contributed by atoms with Crippen molar-refractivity contribution in [1.82, 2.24) is 0 Å². The number of methoxy groups -OCH3 is 1. The number of hydrogen-bond donors (Lipinski definition) is 3. The maximum Gasteiger partial charge on any atom is 0.156 e. The zero-order valence-corrected chi connectivity index (χ0v) is 14.8. The smallest absolute Gasteiger partial charge is 0.156 e. The number of phenols is 1. The third-order valence-corrected chi connectivity index (χ3v) is 7.41. The maximum atomic E-state index is 11.1. The van der Waals surface area contributed by atoms with Crippen molar-refractivity contribution in [3.8, 4) is 18.1 Å². The van der Waals surface area contributed by atoms with Gasteiger partial charge >= 0.3 is 0 Å². The van der Waals surface area contributed by atoms with E-state index in [4.69, 9.17) is 11.2 Å². The van der Waals surface area contributed by atoms with Crippen molar-refractivity contribution < 1.29 is 20.1 Å². The Bertz CT molecular complexity index is 738. The Hall–Kier alpha value is -1.54. The molecule has 0 aliphatic heterocycles. The molecular formula is C21H26O4. The van der Waals surface area contributed by atoms with E-state index in [9.17, 15) is 15.3 Å². The van der Waals surface area contributed by atoms with Crippen molar-refractivity contribution in [2.45, 2.75) is 56.3 Å². The molecule has 25 heavy (non-hydrogen) atoms. The van der Waals surface area contributed by atoms with Gasteiger partial charge in [-0.15, -0.1) is 6.42 Å². The van der Waals surface area contributed by atoms with Crippen LogP contribution in [-0.2, 0) is 11.2 Å². The zero-order valence-electron chi connectivity index (χ0n) is 14.8. The molecule has 3 aliphatic carbocycles. The largest absolute Gasteiger partial charge is 0.508 e.